The highest BCUT2D eigenvalue weighted by Crippen LogP contribution is 2.19. The average Bonchev–Trinajstić information content (AvgIpc) is 3.11. The molecule has 3 rings (SSSR count). The highest BCUT2D eigenvalue weighted by atomic mass is 15.5. The first-order valence-corrected chi connectivity index (χ1v) is 6.41. The first-order chi connectivity index (χ1) is 9.78. The summed E-state index contributed by atoms with van der Waals surface area (Å²) in [6.07, 6.45) is 5.59. The van der Waals surface area contributed by atoms with Crippen molar-refractivity contribution in [3.63, 3.8) is 0 Å². The predicted molar refractivity (Wildman–Crippen MR) is 75.5 cm³/mol. The van der Waals surface area contributed by atoms with Crippen molar-refractivity contribution in [2.45, 2.75) is 6.04 Å². The van der Waals surface area contributed by atoms with E-state index in [0.29, 0.717) is 0 Å². The van der Waals surface area contributed by atoms with Gasteiger partial charge in [0.1, 0.15) is 5.69 Å². The van der Waals surface area contributed by atoms with Crippen LogP contribution in [0.25, 0.3) is 5.69 Å². The van der Waals surface area contributed by atoms with Gasteiger partial charge >= 0.3 is 0 Å². The molecule has 0 aliphatic rings. The lowest BCUT2D eigenvalue weighted by Crippen LogP contribution is -2.18. The van der Waals surface area contributed by atoms with Gasteiger partial charge in [0.25, 0.3) is 0 Å². The Hall–Kier alpha value is -2.47. The monoisotopic (exact) mass is 268 g/mol. The van der Waals surface area contributed by atoms with Gasteiger partial charge in [0.2, 0.25) is 0 Å². The Morgan fingerprint density at radius 2 is 1.90 bits per heavy atom. The third-order valence-electron chi connectivity index (χ3n) is 3.14. The van der Waals surface area contributed by atoms with E-state index in [1.165, 1.54) is 0 Å². The van der Waals surface area contributed by atoms with Crippen LogP contribution in [0.2, 0.25) is 0 Å². The summed E-state index contributed by atoms with van der Waals surface area (Å²) in [7, 11) is 3.80. The highest BCUT2D eigenvalue weighted by Gasteiger charge is 2.17. The molecule has 20 heavy (non-hydrogen) atoms. The molecular formula is C14H16N6. The number of aromatic nitrogens is 5. The van der Waals surface area contributed by atoms with Gasteiger partial charge in [0.15, 0.2) is 0 Å². The third kappa shape index (κ3) is 2.33. The molecule has 0 saturated carbocycles. The Morgan fingerprint density at radius 1 is 1.10 bits per heavy atom. The molecule has 1 unspecified atom stereocenters. The summed E-state index contributed by atoms with van der Waals surface area (Å²) in [5.74, 6) is 0. The molecule has 0 aliphatic heterocycles. The maximum atomic E-state index is 4.54. The lowest BCUT2D eigenvalue weighted by molar-refractivity contribution is 0.648. The topological polar surface area (TPSA) is 60.6 Å². The van der Waals surface area contributed by atoms with Gasteiger partial charge < -0.3 is 5.32 Å². The Balaban J connectivity index is 1.92. The van der Waals surface area contributed by atoms with Crippen molar-refractivity contribution >= 4 is 0 Å². The quantitative estimate of drug-likeness (QED) is 0.775. The minimum Gasteiger partial charge on any atom is -0.308 e. The molecule has 0 bridgehead atoms. The van der Waals surface area contributed by atoms with Gasteiger partial charge in [0, 0.05) is 18.8 Å². The van der Waals surface area contributed by atoms with Crippen LogP contribution in [0.4, 0.5) is 0 Å². The number of hydrogen-bond acceptors (Lipinski definition) is 4. The molecule has 2 heterocycles. The first kappa shape index (κ1) is 12.6. The van der Waals surface area contributed by atoms with E-state index in [4.69, 9.17) is 0 Å². The van der Waals surface area contributed by atoms with Crippen LogP contribution in [0.3, 0.4) is 0 Å². The van der Waals surface area contributed by atoms with E-state index in [-0.39, 0.29) is 6.04 Å². The number of hydrogen-bond donors (Lipinski definition) is 1. The molecule has 1 aromatic carbocycles. The maximum Gasteiger partial charge on any atom is 0.105 e. The fraction of sp³-hybridized carbons (Fsp3) is 0.214. The first-order valence-electron chi connectivity index (χ1n) is 6.41. The fourth-order valence-corrected chi connectivity index (χ4v) is 2.17. The van der Waals surface area contributed by atoms with E-state index in [1.54, 1.807) is 15.7 Å². The van der Waals surface area contributed by atoms with Crippen molar-refractivity contribution in [2.24, 2.45) is 7.05 Å². The molecule has 6 heteroatoms. The lowest BCUT2D eigenvalue weighted by Gasteiger charge is -2.10. The van der Waals surface area contributed by atoms with E-state index in [9.17, 15) is 0 Å². The Bertz CT molecular complexity index is 685. The summed E-state index contributed by atoms with van der Waals surface area (Å²) in [5.41, 5.74) is 2.87. The van der Waals surface area contributed by atoms with Crippen LogP contribution >= 0.6 is 0 Å². The van der Waals surface area contributed by atoms with Gasteiger partial charge in [-0.15, -0.1) is 0 Å². The zero-order valence-electron chi connectivity index (χ0n) is 11.4. The average molecular weight is 268 g/mol. The van der Waals surface area contributed by atoms with Crippen LogP contribution in [-0.2, 0) is 7.05 Å². The summed E-state index contributed by atoms with van der Waals surface area (Å²) in [6.45, 7) is 0. The van der Waals surface area contributed by atoms with Crippen molar-refractivity contribution in [3.05, 3.63) is 60.2 Å². The zero-order valence-corrected chi connectivity index (χ0v) is 11.4. The van der Waals surface area contributed by atoms with Gasteiger partial charge in [-0.1, -0.05) is 18.2 Å². The van der Waals surface area contributed by atoms with Gasteiger partial charge in [-0.3, -0.25) is 4.68 Å². The molecule has 102 valence electrons. The standard InChI is InChI=1S/C14H16N6/c1-15-14(11-8-16-19(2)10-11)13-9-17-20(18-13)12-6-4-3-5-7-12/h3-10,14-15H,1-2H3. The number of rotatable bonds is 4. The summed E-state index contributed by atoms with van der Waals surface area (Å²) in [4.78, 5) is 1.63. The second kappa shape index (κ2) is 5.26. The van der Waals surface area contributed by atoms with Crippen LogP contribution in [0, 0.1) is 0 Å². The molecule has 6 nitrogen and oxygen atoms in total. The second-order valence-electron chi connectivity index (χ2n) is 4.56. The van der Waals surface area contributed by atoms with Gasteiger partial charge in [-0.05, 0) is 19.2 Å². The number of para-hydroxylation sites is 1. The Kier molecular flexibility index (Phi) is 3.30. The second-order valence-corrected chi connectivity index (χ2v) is 4.56. The molecule has 1 N–H and O–H groups in total. The number of aryl methyl sites for hydroxylation is 1. The number of benzene rings is 1. The van der Waals surface area contributed by atoms with E-state index in [0.717, 1.165) is 16.9 Å². The third-order valence-corrected chi connectivity index (χ3v) is 3.14. The minimum absolute atomic E-state index is 0.0128. The molecule has 0 saturated heterocycles. The molecule has 2 aromatic heterocycles. The normalized spacial score (nSPS) is 12.5. The van der Waals surface area contributed by atoms with Crippen molar-refractivity contribution < 1.29 is 0 Å². The molecular weight excluding hydrogens is 252 g/mol. The zero-order chi connectivity index (χ0) is 13.9. The van der Waals surface area contributed by atoms with E-state index < -0.39 is 0 Å². The van der Waals surface area contributed by atoms with E-state index >= 15 is 0 Å². The Labute approximate surface area is 117 Å². The summed E-state index contributed by atoms with van der Waals surface area (Å²) < 4.78 is 1.78. The number of nitrogens with zero attached hydrogens (tertiary/aromatic N) is 5. The van der Waals surface area contributed by atoms with Crippen LogP contribution < -0.4 is 5.32 Å². The SMILES string of the molecule is CNC(c1cnn(C)c1)c1cnn(-c2ccccc2)n1. The van der Waals surface area contributed by atoms with Crippen molar-refractivity contribution in [1.29, 1.82) is 0 Å². The van der Waals surface area contributed by atoms with Crippen LogP contribution in [-0.4, -0.2) is 31.8 Å². The maximum absolute atomic E-state index is 4.54. The smallest absolute Gasteiger partial charge is 0.105 e. The van der Waals surface area contributed by atoms with Crippen LogP contribution in [0.5, 0.6) is 0 Å². The summed E-state index contributed by atoms with van der Waals surface area (Å²) >= 11 is 0. The molecule has 0 fully saturated rings. The van der Waals surface area contributed by atoms with Crippen molar-refractivity contribution in [2.75, 3.05) is 7.05 Å². The molecule has 3 aromatic rings. The molecule has 0 amide bonds. The Morgan fingerprint density at radius 3 is 2.55 bits per heavy atom. The highest BCUT2D eigenvalue weighted by molar-refractivity contribution is 5.29. The van der Waals surface area contributed by atoms with Crippen LogP contribution in [0.15, 0.2) is 48.9 Å². The summed E-state index contributed by atoms with van der Waals surface area (Å²) in [6, 6.07) is 9.84. The molecule has 0 aliphatic carbocycles. The largest absolute Gasteiger partial charge is 0.308 e. The molecule has 0 spiro atoms. The molecule has 0 radical (unpaired) electrons. The number of nitrogens with one attached hydrogen (secondary N) is 1. The van der Waals surface area contributed by atoms with E-state index in [1.807, 2.05) is 56.8 Å². The van der Waals surface area contributed by atoms with Gasteiger partial charge in [-0.2, -0.15) is 20.1 Å². The predicted octanol–water partition coefficient (Wildman–Crippen LogP) is 1.31. The van der Waals surface area contributed by atoms with Crippen LogP contribution in [0.1, 0.15) is 17.3 Å². The minimum atomic E-state index is -0.0128. The molecule has 1 atom stereocenters. The fourth-order valence-electron chi connectivity index (χ4n) is 2.17. The summed E-state index contributed by atoms with van der Waals surface area (Å²) in [5, 5.41) is 16.3. The van der Waals surface area contributed by atoms with Gasteiger partial charge in [-0.25, -0.2) is 0 Å². The van der Waals surface area contributed by atoms with Crippen molar-refractivity contribution in [1.82, 2.24) is 30.1 Å². The lowest BCUT2D eigenvalue weighted by atomic mass is 10.1. The van der Waals surface area contributed by atoms with Gasteiger partial charge in [0.05, 0.1) is 24.1 Å². The van der Waals surface area contributed by atoms with E-state index in [2.05, 4.69) is 20.6 Å². The van der Waals surface area contributed by atoms with Crippen molar-refractivity contribution in [3.8, 4) is 5.69 Å².